The summed E-state index contributed by atoms with van der Waals surface area (Å²) in [5.41, 5.74) is 0.604. The third kappa shape index (κ3) is 2.35. The fourth-order valence-electron chi connectivity index (χ4n) is 1.11. The molecule has 0 aliphatic heterocycles. The van der Waals surface area contributed by atoms with E-state index < -0.39 is 12.0 Å². The first-order chi connectivity index (χ1) is 6.65. The maximum Gasteiger partial charge on any atom is 0.334 e. The number of aromatic nitrogens is 1. The molecule has 1 rings (SSSR count). The molecule has 0 spiro atoms. The smallest absolute Gasteiger partial charge is 0.334 e. The van der Waals surface area contributed by atoms with Crippen LogP contribution in [-0.4, -0.2) is 24.0 Å². The average molecular weight is 196 g/mol. The predicted octanol–water partition coefficient (Wildman–Crippen LogP) is 0.365. The molecule has 5 heteroatoms. The van der Waals surface area contributed by atoms with Gasteiger partial charge in [-0.3, -0.25) is 4.79 Å². The van der Waals surface area contributed by atoms with Gasteiger partial charge in [-0.2, -0.15) is 0 Å². The molecule has 0 saturated carbocycles. The number of carbonyl (C=O) groups excluding carboxylic acids is 2. The Kier molecular flexibility index (Phi) is 3.28. The van der Waals surface area contributed by atoms with Crippen LogP contribution >= 0.6 is 0 Å². The molecule has 0 aliphatic rings. The van der Waals surface area contributed by atoms with Crippen molar-refractivity contribution in [3.05, 3.63) is 24.0 Å². The van der Waals surface area contributed by atoms with Crippen molar-refractivity contribution in [3.8, 4) is 0 Å². The number of carbonyl (C=O) groups is 2. The van der Waals surface area contributed by atoms with Crippen LogP contribution in [0.5, 0.6) is 0 Å². The predicted molar refractivity (Wildman–Crippen MR) is 49.4 cm³/mol. The van der Waals surface area contributed by atoms with Crippen molar-refractivity contribution in [1.82, 2.24) is 10.3 Å². The molecule has 1 unspecified atom stereocenters. The summed E-state index contributed by atoms with van der Waals surface area (Å²) < 4.78 is 4.56. The zero-order chi connectivity index (χ0) is 10.6. The molecule has 0 radical (unpaired) electrons. The van der Waals surface area contributed by atoms with Gasteiger partial charge in [-0.25, -0.2) is 4.79 Å². The second-order valence-corrected chi connectivity index (χ2v) is 2.78. The van der Waals surface area contributed by atoms with Crippen molar-refractivity contribution >= 4 is 11.9 Å². The molecule has 0 bridgehead atoms. The van der Waals surface area contributed by atoms with E-state index in [-0.39, 0.29) is 5.91 Å². The normalized spacial score (nSPS) is 11.9. The monoisotopic (exact) mass is 196 g/mol. The zero-order valence-electron chi connectivity index (χ0n) is 8.03. The summed E-state index contributed by atoms with van der Waals surface area (Å²) in [5.74, 6) is -0.780. The molecule has 1 atom stereocenters. The van der Waals surface area contributed by atoms with Gasteiger partial charge in [-0.15, -0.1) is 0 Å². The van der Waals surface area contributed by atoms with Crippen LogP contribution in [0.1, 0.15) is 18.7 Å². The Morgan fingerprint density at radius 2 is 2.29 bits per heavy atom. The Labute approximate surface area is 81.5 Å². The van der Waals surface area contributed by atoms with Gasteiger partial charge in [0.1, 0.15) is 0 Å². The molecule has 0 aliphatic carbocycles. The van der Waals surface area contributed by atoms with E-state index in [2.05, 4.69) is 15.0 Å². The Balaban J connectivity index is 2.82. The summed E-state index contributed by atoms with van der Waals surface area (Å²) in [6.07, 6.45) is 1.67. The summed E-state index contributed by atoms with van der Waals surface area (Å²) in [6, 6.07) is 2.69. The molecule has 1 heterocycles. The van der Waals surface area contributed by atoms with Crippen molar-refractivity contribution in [3.63, 3.8) is 0 Å². The number of nitrogens with one attached hydrogen (secondary N) is 2. The van der Waals surface area contributed by atoms with Crippen LogP contribution in [0, 0.1) is 0 Å². The lowest BCUT2D eigenvalue weighted by atomic mass is 10.2. The van der Waals surface area contributed by atoms with Crippen molar-refractivity contribution in [2.24, 2.45) is 0 Å². The SMILES string of the molecule is COC(=O)C(NC(C)=O)c1ccc[nH]1. The molecular formula is C9H12N2O3. The number of hydrogen-bond acceptors (Lipinski definition) is 3. The highest BCUT2D eigenvalue weighted by atomic mass is 16.5. The van der Waals surface area contributed by atoms with E-state index in [9.17, 15) is 9.59 Å². The number of rotatable bonds is 3. The minimum atomic E-state index is -0.757. The van der Waals surface area contributed by atoms with Gasteiger partial charge < -0.3 is 15.0 Å². The number of methoxy groups -OCH3 is 1. The van der Waals surface area contributed by atoms with Gasteiger partial charge in [0.05, 0.1) is 7.11 Å². The van der Waals surface area contributed by atoms with Gasteiger partial charge in [0.2, 0.25) is 5.91 Å². The Morgan fingerprint density at radius 3 is 2.71 bits per heavy atom. The van der Waals surface area contributed by atoms with E-state index in [0.717, 1.165) is 0 Å². The van der Waals surface area contributed by atoms with Gasteiger partial charge >= 0.3 is 5.97 Å². The van der Waals surface area contributed by atoms with Gasteiger partial charge in [-0.1, -0.05) is 0 Å². The number of aromatic amines is 1. The average Bonchev–Trinajstić information content (AvgIpc) is 2.65. The lowest BCUT2D eigenvalue weighted by Gasteiger charge is -2.13. The van der Waals surface area contributed by atoms with E-state index in [4.69, 9.17) is 0 Å². The third-order valence-electron chi connectivity index (χ3n) is 1.72. The first-order valence-electron chi connectivity index (χ1n) is 4.13. The molecule has 0 fully saturated rings. The van der Waals surface area contributed by atoms with Crippen molar-refractivity contribution in [2.45, 2.75) is 13.0 Å². The second kappa shape index (κ2) is 4.45. The molecule has 1 aromatic rings. The maximum absolute atomic E-state index is 11.3. The highest BCUT2D eigenvalue weighted by molar-refractivity contribution is 5.83. The molecule has 14 heavy (non-hydrogen) atoms. The standard InChI is InChI=1S/C9H12N2O3/c1-6(12)11-8(9(13)14-2)7-4-3-5-10-7/h3-5,8,10H,1-2H3,(H,11,12). The van der Waals surface area contributed by atoms with E-state index in [1.54, 1.807) is 18.3 Å². The molecule has 5 nitrogen and oxygen atoms in total. The molecule has 0 aromatic carbocycles. The van der Waals surface area contributed by atoms with Crippen LogP contribution in [0.15, 0.2) is 18.3 Å². The van der Waals surface area contributed by atoms with Crippen molar-refractivity contribution < 1.29 is 14.3 Å². The topological polar surface area (TPSA) is 71.2 Å². The fourth-order valence-corrected chi connectivity index (χ4v) is 1.11. The maximum atomic E-state index is 11.3. The second-order valence-electron chi connectivity index (χ2n) is 2.78. The molecule has 1 amide bonds. The van der Waals surface area contributed by atoms with Crippen LogP contribution in [0.25, 0.3) is 0 Å². The summed E-state index contributed by atoms with van der Waals surface area (Å²) in [6.45, 7) is 1.35. The minimum absolute atomic E-state index is 0.282. The summed E-state index contributed by atoms with van der Waals surface area (Å²) in [4.78, 5) is 25.0. The molecule has 1 aromatic heterocycles. The first kappa shape index (κ1) is 10.3. The highest BCUT2D eigenvalue weighted by Crippen LogP contribution is 2.11. The molecule has 76 valence electrons. The molecule has 2 N–H and O–H groups in total. The largest absolute Gasteiger partial charge is 0.467 e. The number of hydrogen-bond donors (Lipinski definition) is 2. The van der Waals surface area contributed by atoms with Crippen LogP contribution in [-0.2, 0) is 14.3 Å². The lowest BCUT2D eigenvalue weighted by molar-refractivity contribution is -0.145. The Morgan fingerprint density at radius 1 is 1.57 bits per heavy atom. The number of amides is 1. The number of H-pyrrole nitrogens is 1. The zero-order valence-corrected chi connectivity index (χ0v) is 8.03. The van der Waals surface area contributed by atoms with Crippen molar-refractivity contribution in [1.29, 1.82) is 0 Å². The Hall–Kier alpha value is -1.78. The summed E-state index contributed by atoms with van der Waals surface area (Å²) in [5, 5.41) is 2.49. The van der Waals surface area contributed by atoms with Gasteiger partial charge in [0, 0.05) is 18.8 Å². The van der Waals surface area contributed by atoms with Gasteiger partial charge in [0.15, 0.2) is 6.04 Å². The van der Waals surface area contributed by atoms with Crippen LogP contribution in [0.3, 0.4) is 0 Å². The molecule has 0 saturated heterocycles. The first-order valence-corrected chi connectivity index (χ1v) is 4.13. The van der Waals surface area contributed by atoms with Gasteiger partial charge in [0.25, 0.3) is 0 Å². The molecular weight excluding hydrogens is 184 g/mol. The van der Waals surface area contributed by atoms with Crippen LogP contribution < -0.4 is 5.32 Å². The van der Waals surface area contributed by atoms with Crippen molar-refractivity contribution in [2.75, 3.05) is 7.11 Å². The number of ether oxygens (including phenoxy) is 1. The van der Waals surface area contributed by atoms with Crippen LogP contribution in [0.2, 0.25) is 0 Å². The summed E-state index contributed by atoms with van der Waals surface area (Å²) >= 11 is 0. The quantitative estimate of drug-likeness (QED) is 0.686. The van der Waals surface area contributed by atoms with E-state index >= 15 is 0 Å². The summed E-state index contributed by atoms with van der Waals surface area (Å²) in [7, 11) is 1.28. The highest BCUT2D eigenvalue weighted by Gasteiger charge is 2.22. The van der Waals surface area contributed by atoms with E-state index in [1.165, 1.54) is 14.0 Å². The third-order valence-corrected chi connectivity index (χ3v) is 1.72. The van der Waals surface area contributed by atoms with E-state index in [1.807, 2.05) is 0 Å². The Bertz CT molecular complexity index is 319. The van der Waals surface area contributed by atoms with E-state index in [0.29, 0.717) is 5.69 Å². The number of esters is 1. The van der Waals surface area contributed by atoms with Gasteiger partial charge in [-0.05, 0) is 12.1 Å². The fraction of sp³-hybridized carbons (Fsp3) is 0.333. The lowest BCUT2D eigenvalue weighted by Crippen LogP contribution is -2.33. The minimum Gasteiger partial charge on any atom is -0.467 e. The van der Waals surface area contributed by atoms with Crippen LogP contribution in [0.4, 0.5) is 0 Å².